The summed E-state index contributed by atoms with van der Waals surface area (Å²) in [6.07, 6.45) is 3.34. The van der Waals surface area contributed by atoms with E-state index in [2.05, 4.69) is 44.3 Å². The van der Waals surface area contributed by atoms with Gasteiger partial charge < -0.3 is 4.74 Å². The Bertz CT molecular complexity index is 418. The van der Waals surface area contributed by atoms with Crippen LogP contribution >= 0.6 is 0 Å². The van der Waals surface area contributed by atoms with Crippen molar-refractivity contribution < 1.29 is 4.74 Å². The molecule has 0 radical (unpaired) electrons. The molecule has 1 aliphatic heterocycles. The van der Waals surface area contributed by atoms with Gasteiger partial charge in [-0.3, -0.25) is 0 Å². The van der Waals surface area contributed by atoms with Crippen LogP contribution in [-0.4, -0.2) is 6.61 Å². The number of rotatable bonds is 4. The summed E-state index contributed by atoms with van der Waals surface area (Å²) in [6.45, 7) is 11.1. The van der Waals surface area contributed by atoms with E-state index in [1.165, 1.54) is 16.7 Å². The summed E-state index contributed by atoms with van der Waals surface area (Å²) in [5.74, 6) is 0.502. The molecule has 0 aromatic heterocycles. The molecule has 96 valence electrons. The van der Waals surface area contributed by atoms with Crippen molar-refractivity contribution in [2.24, 2.45) is 5.92 Å². The molecule has 1 fully saturated rings. The molecule has 1 aromatic carbocycles. The molecule has 2 rings (SSSR count). The van der Waals surface area contributed by atoms with Crippen LogP contribution < -0.4 is 0 Å². The van der Waals surface area contributed by atoms with Gasteiger partial charge in [0, 0.05) is 5.92 Å². The molecule has 1 nitrogen and oxygen atoms in total. The number of benzene rings is 1. The lowest BCUT2D eigenvalue weighted by molar-refractivity contribution is 0.00725. The van der Waals surface area contributed by atoms with E-state index in [1.807, 2.05) is 6.07 Å². The number of hydrogen-bond donors (Lipinski definition) is 0. The topological polar surface area (TPSA) is 9.23 Å². The van der Waals surface area contributed by atoms with Crippen LogP contribution in [0.1, 0.15) is 37.9 Å². The number of hydrogen-bond acceptors (Lipinski definition) is 1. The average Bonchev–Trinajstić information content (AvgIpc) is 2.38. The fraction of sp³-hybridized carbons (Fsp3) is 0.412. The molecule has 0 unspecified atom stereocenters. The first-order chi connectivity index (χ1) is 8.66. The lowest BCUT2D eigenvalue weighted by Crippen LogP contribution is -2.22. The van der Waals surface area contributed by atoms with E-state index in [1.54, 1.807) is 0 Å². The second-order valence-corrected chi connectivity index (χ2v) is 5.29. The minimum absolute atomic E-state index is 0.194. The largest absolute Gasteiger partial charge is 0.373 e. The Kier molecular flexibility index (Phi) is 4.38. The zero-order valence-electron chi connectivity index (χ0n) is 11.2. The van der Waals surface area contributed by atoms with Crippen molar-refractivity contribution >= 4 is 0 Å². The summed E-state index contributed by atoms with van der Waals surface area (Å²) in [7, 11) is 0. The van der Waals surface area contributed by atoms with E-state index >= 15 is 0 Å². The van der Waals surface area contributed by atoms with Crippen molar-refractivity contribution in [1.29, 1.82) is 0 Å². The van der Waals surface area contributed by atoms with E-state index in [9.17, 15) is 0 Å². The van der Waals surface area contributed by atoms with Crippen LogP contribution in [0, 0.1) is 5.92 Å². The van der Waals surface area contributed by atoms with Crippen LogP contribution in [0.3, 0.4) is 0 Å². The Hall–Kier alpha value is -1.34. The van der Waals surface area contributed by atoms with Crippen LogP contribution in [-0.2, 0) is 4.74 Å². The molecule has 1 heteroatoms. The van der Waals surface area contributed by atoms with E-state index in [4.69, 9.17) is 4.74 Å². The van der Waals surface area contributed by atoms with Crippen LogP contribution in [0.5, 0.6) is 0 Å². The van der Waals surface area contributed by atoms with Crippen molar-refractivity contribution in [3.63, 3.8) is 0 Å². The first-order valence-electron chi connectivity index (χ1n) is 6.65. The fourth-order valence-electron chi connectivity index (χ4n) is 2.40. The molecule has 2 atom stereocenters. The Morgan fingerprint density at radius 2 is 2.06 bits per heavy atom. The third kappa shape index (κ3) is 3.33. The highest BCUT2D eigenvalue weighted by molar-refractivity contribution is 5.21. The molecule has 0 aliphatic carbocycles. The summed E-state index contributed by atoms with van der Waals surface area (Å²) in [6, 6.07) is 10.4. The quantitative estimate of drug-likeness (QED) is 0.697. The van der Waals surface area contributed by atoms with E-state index < -0.39 is 0 Å². The fourth-order valence-corrected chi connectivity index (χ4v) is 2.40. The smallest absolute Gasteiger partial charge is 0.0862 e. The standard InChI is InChI=1S/C17H22O/c1-13(2)9-10-16-12-18-17(11-14(16)3)15-7-5-4-6-8-15/h4-8,16-17H,1,3,9-12H2,2H3/t16-,17-/m1/s1. The Morgan fingerprint density at radius 3 is 2.67 bits per heavy atom. The maximum atomic E-state index is 5.99. The van der Waals surface area contributed by atoms with Gasteiger partial charge in [-0.1, -0.05) is 48.1 Å². The van der Waals surface area contributed by atoms with E-state index in [0.29, 0.717) is 5.92 Å². The van der Waals surface area contributed by atoms with Crippen LogP contribution in [0.15, 0.2) is 54.6 Å². The minimum Gasteiger partial charge on any atom is -0.373 e. The van der Waals surface area contributed by atoms with Crippen LogP contribution in [0.25, 0.3) is 0 Å². The third-order valence-electron chi connectivity index (χ3n) is 3.61. The highest BCUT2D eigenvalue weighted by atomic mass is 16.5. The Labute approximate surface area is 110 Å². The molecule has 1 aromatic rings. The molecule has 0 amide bonds. The van der Waals surface area contributed by atoms with Gasteiger partial charge >= 0.3 is 0 Å². The van der Waals surface area contributed by atoms with Crippen LogP contribution in [0.2, 0.25) is 0 Å². The van der Waals surface area contributed by atoms with Crippen molar-refractivity contribution in [2.45, 2.75) is 32.3 Å². The molecule has 0 spiro atoms. The summed E-state index contributed by atoms with van der Waals surface area (Å²) in [4.78, 5) is 0. The van der Waals surface area contributed by atoms with Crippen LogP contribution in [0.4, 0.5) is 0 Å². The van der Waals surface area contributed by atoms with E-state index in [0.717, 1.165) is 25.9 Å². The molecule has 0 saturated carbocycles. The van der Waals surface area contributed by atoms with Gasteiger partial charge in [-0.05, 0) is 31.7 Å². The summed E-state index contributed by atoms with van der Waals surface area (Å²) >= 11 is 0. The van der Waals surface area contributed by atoms with Crippen molar-refractivity contribution in [3.8, 4) is 0 Å². The van der Waals surface area contributed by atoms with Gasteiger partial charge in [-0.15, -0.1) is 6.58 Å². The molecule has 1 saturated heterocycles. The zero-order valence-corrected chi connectivity index (χ0v) is 11.2. The zero-order chi connectivity index (χ0) is 13.0. The third-order valence-corrected chi connectivity index (χ3v) is 3.61. The summed E-state index contributed by atoms with van der Waals surface area (Å²) < 4.78 is 5.99. The Balaban J connectivity index is 1.92. The van der Waals surface area contributed by atoms with Gasteiger partial charge in [0.05, 0.1) is 12.7 Å². The van der Waals surface area contributed by atoms with Crippen molar-refractivity contribution in [1.82, 2.24) is 0 Å². The highest BCUT2D eigenvalue weighted by Crippen LogP contribution is 2.35. The second kappa shape index (κ2) is 6.01. The summed E-state index contributed by atoms with van der Waals surface area (Å²) in [5, 5.41) is 0. The number of ether oxygens (including phenoxy) is 1. The van der Waals surface area contributed by atoms with Gasteiger partial charge in [-0.25, -0.2) is 0 Å². The first-order valence-corrected chi connectivity index (χ1v) is 6.65. The normalized spacial score (nSPS) is 23.9. The van der Waals surface area contributed by atoms with Crippen molar-refractivity contribution in [3.05, 3.63) is 60.2 Å². The lowest BCUT2D eigenvalue weighted by atomic mass is 9.87. The SMILES string of the molecule is C=C(C)CC[C@@H]1CO[C@@H](c2ccccc2)CC1=C. The molecular weight excluding hydrogens is 220 g/mol. The maximum absolute atomic E-state index is 5.99. The molecule has 1 heterocycles. The van der Waals surface area contributed by atoms with Gasteiger partial charge in [0.2, 0.25) is 0 Å². The molecule has 18 heavy (non-hydrogen) atoms. The number of allylic oxidation sites excluding steroid dienone is 1. The predicted molar refractivity (Wildman–Crippen MR) is 76.4 cm³/mol. The average molecular weight is 242 g/mol. The van der Waals surface area contributed by atoms with Gasteiger partial charge in [-0.2, -0.15) is 0 Å². The summed E-state index contributed by atoms with van der Waals surface area (Å²) in [5.41, 5.74) is 3.83. The predicted octanol–water partition coefficient (Wildman–Crippen LogP) is 4.68. The monoisotopic (exact) mass is 242 g/mol. The molecule has 0 N–H and O–H groups in total. The first kappa shape index (κ1) is 13.1. The highest BCUT2D eigenvalue weighted by Gasteiger charge is 2.25. The molecule has 1 aliphatic rings. The molecule has 0 bridgehead atoms. The lowest BCUT2D eigenvalue weighted by Gasteiger charge is -2.31. The molecular formula is C17H22O. The van der Waals surface area contributed by atoms with Gasteiger partial charge in [0.15, 0.2) is 0 Å². The Morgan fingerprint density at radius 1 is 1.33 bits per heavy atom. The van der Waals surface area contributed by atoms with E-state index in [-0.39, 0.29) is 6.10 Å². The second-order valence-electron chi connectivity index (χ2n) is 5.29. The minimum atomic E-state index is 0.194. The maximum Gasteiger partial charge on any atom is 0.0862 e. The van der Waals surface area contributed by atoms with Crippen molar-refractivity contribution in [2.75, 3.05) is 6.61 Å². The van der Waals surface area contributed by atoms with Gasteiger partial charge in [0.1, 0.15) is 0 Å². The van der Waals surface area contributed by atoms with Gasteiger partial charge in [0.25, 0.3) is 0 Å².